The Morgan fingerprint density at radius 3 is 2.45 bits per heavy atom. The maximum Gasteiger partial charge on any atom is 0.282 e. The van der Waals surface area contributed by atoms with E-state index in [1.165, 1.54) is 5.01 Å². The van der Waals surface area contributed by atoms with E-state index >= 15 is 0 Å². The van der Waals surface area contributed by atoms with Crippen molar-refractivity contribution in [3.8, 4) is 11.5 Å². The highest BCUT2D eigenvalue weighted by Gasteiger charge is 2.34. The van der Waals surface area contributed by atoms with Gasteiger partial charge in [0.1, 0.15) is 23.7 Å². The van der Waals surface area contributed by atoms with Gasteiger partial charge in [-0.15, -0.1) is 0 Å². The smallest absolute Gasteiger partial charge is 0.282 e. The predicted molar refractivity (Wildman–Crippen MR) is 121 cm³/mol. The number of amides is 2. The first-order chi connectivity index (χ1) is 14.9. The summed E-state index contributed by atoms with van der Waals surface area (Å²) >= 11 is 0. The van der Waals surface area contributed by atoms with E-state index in [1.807, 2.05) is 63.2 Å². The van der Waals surface area contributed by atoms with Crippen LogP contribution in [0.5, 0.6) is 11.5 Å². The minimum atomic E-state index is -0.447. The third-order valence-corrected chi connectivity index (χ3v) is 4.84. The lowest BCUT2D eigenvalue weighted by Gasteiger charge is -2.18. The Morgan fingerprint density at radius 1 is 1.03 bits per heavy atom. The van der Waals surface area contributed by atoms with E-state index in [2.05, 4.69) is 5.43 Å². The number of para-hydroxylation sites is 1. The molecule has 0 spiro atoms. The van der Waals surface area contributed by atoms with Gasteiger partial charge in [-0.2, -0.15) is 0 Å². The molecule has 0 radical (unpaired) electrons. The monoisotopic (exact) mass is 423 g/mol. The van der Waals surface area contributed by atoms with Gasteiger partial charge >= 0.3 is 0 Å². The van der Waals surface area contributed by atoms with Crippen LogP contribution >= 0.6 is 0 Å². The Balaban J connectivity index is 1.94. The van der Waals surface area contributed by atoms with Crippen molar-refractivity contribution in [3.05, 3.63) is 59.2 Å². The maximum absolute atomic E-state index is 12.9. The van der Waals surface area contributed by atoms with Crippen LogP contribution in [-0.4, -0.2) is 50.6 Å². The number of hydrazine groups is 1. The Labute approximate surface area is 183 Å². The maximum atomic E-state index is 12.9. The van der Waals surface area contributed by atoms with Gasteiger partial charge in [-0.25, -0.2) is 5.01 Å². The van der Waals surface area contributed by atoms with Crippen molar-refractivity contribution in [2.24, 2.45) is 0 Å². The normalized spacial score (nSPS) is 15.0. The fourth-order valence-corrected chi connectivity index (χ4v) is 3.17. The molecule has 0 aliphatic carbocycles. The minimum Gasteiger partial charge on any atom is -0.493 e. The van der Waals surface area contributed by atoms with Gasteiger partial charge in [0.15, 0.2) is 0 Å². The summed E-state index contributed by atoms with van der Waals surface area (Å²) in [4.78, 5) is 27.5. The second-order valence-corrected chi connectivity index (χ2v) is 7.58. The van der Waals surface area contributed by atoms with Crippen LogP contribution in [-0.2, 0) is 9.59 Å². The summed E-state index contributed by atoms with van der Waals surface area (Å²) in [7, 11) is 3.94. The Hall–Kier alpha value is -3.32. The number of rotatable bonds is 9. The highest BCUT2D eigenvalue weighted by molar-refractivity contribution is 6.31. The number of carbonyl (C=O) groups is 2. The zero-order valence-electron chi connectivity index (χ0n) is 18.5. The molecule has 7 nitrogen and oxygen atoms in total. The number of hydrogen-bond acceptors (Lipinski definition) is 5. The summed E-state index contributed by atoms with van der Waals surface area (Å²) < 4.78 is 11.9. The molecule has 0 saturated carbocycles. The molecule has 0 aromatic heterocycles. The average Bonchev–Trinajstić information content (AvgIpc) is 3.03. The van der Waals surface area contributed by atoms with Gasteiger partial charge in [0, 0.05) is 17.7 Å². The van der Waals surface area contributed by atoms with E-state index < -0.39 is 11.8 Å². The van der Waals surface area contributed by atoms with Crippen molar-refractivity contribution in [3.63, 3.8) is 0 Å². The molecular formula is C24H29N3O4. The van der Waals surface area contributed by atoms with Gasteiger partial charge in [0.05, 0.1) is 12.3 Å². The summed E-state index contributed by atoms with van der Waals surface area (Å²) in [5.41, 5.74) is 4.79. The lowest BCUT2D eigenvalue weighted by Crippen LogP contribution is -2.35. The number of benzene rings is 2. The topological polar surface area (TPSA) is 71.1 Å². The Kier molecular flexibility index (Phi) is 7.31. The molecule has 2 aromatic carbocycles. The van der Waals surface area contributed by atoms with E-state index in [4.69, 9.17) is 9.47 Å². The molecule has 164 valence electrons. The molecule has 3 rings (SSSR count). The van der Waals surface area contributed by atoms with Gasteiger partial charge in [0.25, 0.3) is 11.8 Å². The number of carbonyl (C=O) groups excluding carboxylic acids is 2. The van der Waals surface area contributed by atoms with E-state index in [9.17, 15) is 9.59 Å². The zero-order chi connectivity index (χ0) is 22.4. The summed E-state index contributed by atoms with van der Waals surface area (Å²) in [5.74, 6) is 0.496. The first kappa shape index (κ1) is 22.4. The number of hydrogen-bond donors (Lipinski definition) is 1. The van der Waals surface area contributed by atoms with E-state index in [0.717, 1.165) is 24.3 Å². The standard InChI is InChI=1S/C24H29N3O4/c1-5-14-30-21-12-11-18(22(17(21)2)31-15-13-26(3)4)16-20-23(28)25-27(24(20)29)19-9-7-6-8-10-19/h6-12,16H,5,13-15H2,1-4H3,(H,25,28)/b20-16+. The molecule has 1 heterocycles. The molecule has 1 aliphatic rings. The van der Waals surface area contributed by atoms with E-state index in [0.29, 0.717) is 30.2 Å². The van der Waals surface area contributed by atoms with Crippen LogP contribution in [0.3, 0.4) is 0 Å². The molecule has 1 aliphatic heterocycles. The van der Waals surface area contributed by atoms with Crippen molar-refractivity contribution < 1.29 is 19.1 Å². The number of nitrogens with one attached hydrogen (secondary N) is 1. The summed E-state index contributed by atoms with van der Waals surface area (Å²) in [6.07, 6.45) is 2.48. The van der Waals surface area contributed by atoms with Gasteiger partial charge in [-0.3, -0.25) is 15.0 Å². The highest BCUT2D eigenvalue weighted by atomic mass is 16.5. The quantitative estimate of drug-likeness (QED) is 0.496. The van der Waals surface area contributed by atoms with Crippen molar-refractivity contribution in [1.29, 1.82) is 0 Å². The molecule has 0 bridgehead atoms. The van der Waals surface area contributed by atoms with Crippen LogP contribution < -0.4 is 19.9 Å². The van der Waals surface area contributed by atoms with Crippen LogP contribution in [0.1, 0.15) is 24.5 Å². The van der Waals surface area contributed by atoms with Crippen molar-refractivity contribution in [1.82, 2.24) is 10.3 Å². The largest absolute Gasteiger partial charge is 0.493 e. The van der Waals surface area contributed by atoms with Crippen molar-refractivity contribution in [2.75, 3.05) is 38.9 Å². The second kappa shape index (κ2) is 10.1. The fraction of sp³-hybridized carbons (Fsp3) is 0.333. The summed E-state index contributed by atoms with van der Waals surface area (Å²) in [6.45, 7) is 5.77. The number of ether oxygens (including phenoxy) is 2. The van der Waals surface area contributed by atoms with Gasteiger partial charge < -0.3 is 14.4 Å². The average molecular weight is 424 g/mol. The third-order valence-electron chi connectivity index (χ3n) is 4.84. The number of nitrogens with zero attached hydrogens (tertiary/aromatic N) is 2. The molecule has 7 heteroatoms. The third kappa shape index (κ3) is 5.24. The summed E-state index contributed by atoms with van der Waals surface area (Å²) in [5, 5.41) is 1.26. The lowest BCUT2D eigenvalue weighted by atomic mass is 10.0. The fourth-order valence-electron chi connectivity index (χ4n) is 3.17. The van der Waals surface area contributed by atoms with Crippen LogP contribution in [0, 0.1) is 6.92 Å². The highest BCUT2D eigenvalue weighted by Crippen LogP contribution is 2.34. The van der Waals surface area contributed by atoms with E-state index in [-0.39, 0.29) is 5.57 Å². The first-order valence-corrected chi connectivity index (χ1v) is 10.4. The van der Waals surface area contributed by atoms with Crippen molar-refractivity contribution in [2.45, 2.75) is 20.3 Å². The van der Waals surface area contributed by atoms with Gasteiger partial charge in [-0.05, 0) is 57.8 Å². The molecular weight excluding hydrogens is 394 g/mol. The van der Waals surface area contributed by atoms with Crippen LogP contribution in [0.4, 0.5) is 5.69 Å². The molecule has 2 aromatic rings. The van der Waals surface area contributed by atoms with Gasteiger partial charge in [0.2, 0.25) is 0 Å². The zero-order valence-corrected chi connectivity index (χ0v) is 18.5. The van der Waals surface area contributed by atoms with Crippen LogP contribution in [0.15, 0.2) is 48.0 Å². The molecule has 1 saturated heterocycles. The Morgan fingerprint density at radius 2 is 1.77 bits per heavy atom. The molecule has 0 unspecified atom stereocenters. The lowest BCUT2D eigenvalue weighted by molar-refractivity contribution is -0.117. The van der Waals surface area contributed by atoms with Crippen LogP contribution in [0.25, 0.3) is 6.08 Å². The van der Waals surface area contributed by atoms with Gasteiger partial charge in [-0.1, -0.05) is 25.1 Å². The first-order valence-electron chi connectivity index (χ1n) is 10.4. The minimum absolute atomic E-state index is 0.0583. The molecule has 0 atom stereocenters. The Bertz CT molecular complexity index is 970. The van der Waals surface area contributed by atoms with Crippen LogP contribution in [0.2, 0.25) is 0 Å². The summed E-state index contributed by atoms with van der Waals surface area (Å²) in [6, 6.07) is 12.7. The van der Waals surface area contributed by atoms with E-state index in [1.54, 1.807) is 18.2 Å². The molecule has 31 heavy (non-hydrogen) atoms. The number of likely N-dealkylation sites (N-methyl/N-ethyl adjacent to an activating group) is 1. The second-order valence-electron chi connectivity index (χ2n) is 7.58. The van der Waals surface area contributed by atoms with Crippen molar-refractivity contribution >= 4 is 23.6 Å². The SMILES string of the molecule is CCCOc1ccc(/C=C2\C(=O)NN(c3ccccc3)C2=O)c(OCCN(C)C)c1C. The molecule has 1 fully saturated rings. The molecule has 1 N–H and O–H groups in total. The number of anilines is 1. The predicted octanol–water partition coefficient (Wildman–Crippen LogP) is 3.19. The molecule has 2 amide bonds.